The Morgan fingerprint density at radius 3 is 2.21 bits per heavy atom. The minimum Gasteiger partial charge on any atom is -0.497 e. The van der Waals surface area contributed by atoms with E-state index in [4.69, 9.17) is 9.47 Å². The fourth-order valence-corrected chi connectivity index (χ4v) is 4.30. The predicted octanol–water partition coefficient (Wildman–Crippen LogP) is 4.55. The third-order valence-electron chi connectivity index (χ3n) is 4.56. The van der Waals surface area contributed by atoms with E-state index in [1.165, 1.54) is 23.5 Å². The maximum atomic E-state index is 14.1. The van der Waals surface area contributed by atoms with Gasteiger partial charge in [-0.15, -0.1) is 0 Å². The summed E-state index contributed by atoms with van der Waals surface area (Å²) in [5.41, 5.74) is 1.55. The molecule has 0 heterocycles. The topological polar surface area (TPSA) is 55.8 Å². The molecule has 152 valence electrons. The first-order valence-corrected chi connectivity index (χ1v) is 10.3. The van der Waals surface area contributed by atoms with Crippen molar-refractivity contribution in [2.24, 2.45) is 0 Å². The SMILES string of the molecule is COc1ccc(CN(c2cccc(OC)c2)S(=O)(=O)c2ccc(C)c(F)c2)cc1. The van der Waals surface area contributed by atoms with Crippen LogP contribution in [0.3, 0.4) is 0 Å². The fourth-order valence-electron chi connectivity index (χ4n) is 2.84. The Bertz CT molecular complexity index is 1100. The number of halogens is 1. The number of methoxy groups -OCH3 is 2. The van der Waals surface area contributed by atoms with Crippen molar-refractivity contribution >= 4 is 15.7 Å². The second kappa shape index (κ2) is 8.53. The van der Waals surface area contributed by atoms with Crippen LogP contribution in [0.1, 0.15) is 11.1 Å². The highest BCUT2D eigenvalue weighted by Crippen LogP contribution is 2.29. The Morgan fingerprint density at radius 1 is 0.897 bits per heavy atom. The van der Waals surface area contributed by atoms with Crippen LogP contribution in [0.25, 0.3) is 0 Å². The summed E-state index contributed by atoms with van der Waals surface area (Å²) < 4.78 is 52.6. The number of ether oxygens (including phenoxy) is 2. The highest BCUT2D eigenvalue weighted by molar-refractivity contribution is 7.92. The number of anilines is 1. The molecular formula is C22H22FNO4S. The van der Waals surface area contributed by atoms with Crippen molar-refractivity contribution in [2.45, 2.75) is 18.4 Å². The second-order valence-corrected chi connectivity index (χ2v) is 8.33. The first-order chi connectivity index (χ1) is 13.8. The van der Waals surface area contributed by atoms with E-state index in [1.54, 1.807) is 62.6 Å². The monoisotopic (exact) mass is 415 g/mol. The molecule has 0 radical (unpaired) electrons. The number of hydrogen-bond donors (Lipinski definition) is 0. The molecule has 0 fully saturated rings. The molecule has 0 unspecified atom stereocenters. The largest absolute Gasteiger partial charge is 0.497 e. The van der Waals surface area contributed by atoms with Crippen LogP contribution in [0.2, 0.25) is 0 Å². The zero-order valence-corrected chi connectivity index (χ0v) is 17.2. The third kappa shape index (κ3) is 4.51. The molecule has 0 saturated heterocycles. The zero-order valence-electron chi connectivity index (χ0n) is 16.4. The standard InChI is InChI=1S/C22H22FNO4S/c1-16-7-12-21(14-22(16)23)29(25,26)24(18-5-4-6-20(13-18)28-3)15-17-8-10-19(27-2)11-9-17/h4-14H,15H2,1-3H3. The Balaban J connectivity index is 2.08. The Kier molecular flexibility index (Phi) is 6.08. The molecule has 3 aromatic rings. The summed E-state index contributed by atoms with van der Waals surface area (Å²) in [5, 5.41) is 0. The summed E-state index contributed by atoms with van der Waals surface area (Å²) >= 11 is 0. The molecule has 0 spiro atoms. The van der Waals surface area contributed by atoms with Gasteiger partial charge in [0, 0.05) is 6.07 Å². The van der Waals surface area contributed by atoms with Crippen LogP contribution < -0.4 is 13.8 Å². The minimum absolute atomic E-state index is 0.0645. The van der Waals surface area contributed by atoms with E-state index in [1.807, 2.05) is 0 Å². The van der Waals surface area contributed by atoms with Crippen LogP contribution >= 0.6 is 0 Å². The van der Waals surface area contributed by atoms with Gasteiger partial charge in [0.05, 0.1) is 31.3 Å². The highest BCUT2D eigenvalue weighted by atomic mass is 32.2. The smallest absolute Gasteiger partial charge is 0.264 e. The average molecular weight is 415 g/mol. The zero-order chi connectivity index (χ0) is 21.0. The first kappa shape index (κ1) is 20.7. The van der Waals surface area contributed by atoms with E-state index in [9.17, 15) is 12.8 Å². The lowest BCUT2D eigenvalue weighted by atomic mass is 10.2. The van der Waals surface area contributed by atoms with Gasteiger partial charge in [0.2, 0.25) is 0 Å². The Morgan fingerprint density at radius 2 is 1.59 bits per heavy atom. The van der Waals surface area contributed by atoms with Crippen molar-refractivity contribution < 1.29 is 22.3 Å². The lowest BCUT2D eigenvalue weighted by Crippen LogP contribution is -2.30. The predicted molar refractivity (Wildman–Crippen MR) is 110 cm³/mol. The van der Waals surface area contributed by atoms with E-state index >= 15 is 0 Å². The normalized spacial score (nSPS) is 11.2. The Labute approximate surface area is 170 Å². The second-order valence-electron chi connectivity index (χ2n) is 6.47. The molecule has 0 aliphatic heterocycles. The van der Waals surface area contributed by atoms with Crippen LogP contribution in [0.15, 0.2) is 71.6 Å². The first-order valence-electron chi connectivity index (χ1n) is 8.91. The van der Waals surface area contributed by atoms with Gasteiger partial charge in [0.1, 0.15) is 17.3 Å². The van der Waals surface area contributed by atoms with E-state index in [0.29, 0.717) is 22.7 Å². The molecule has 7 heteroatoms. The maximum absolute atomic E-state index is 14.1. The van der Waals surface area contributed by atoms with Gasteiger partial charge < -0.3 is 9.47 Å². The average Bonchev–Trinajstić information content (AvgIpc) is 2.74. The molecule has 0 bridgehead atoms. The third-order valence-corrected chi connectivity index (χ3v) is 6.33. The van der Waals surface area contributed by atoms with Crippen molar-refractivity contribution in [1.29, 1.82) is 0 Å². The van der Waals surface area contributed by atoms with E-state index < -0.39 is 15.8 Å². The number of nitrogens with zero attached hydrogens (tertiary/aromatic N) is 1. The van der Waals surface area contributed by atoms with Crippen LogP contribution in [-0.2, 0) is 16.6 Å². The lowest BCUT2D eigenvalue weighted by molar-refractivity contribution is 0.414. The summed E-state index contributed by atoms with van der Waals surface area (Å²) in [5.74, 6) is 0.624. The molecule has 0 saturated carbocycles. The molecule has 0 atom stereocenters. The van der Waals surface area contributed by atoms with Gasteiger partial charge in [-0.1, -0.05) is 24.3 Å². The van der Waals surface area contributed by atoms with Crippen LogP contribution in [-0.4, -0.2) is 22.6 Å². The summed E-state index contributed by atoms with van der Waals surface area (Å²) in [4.78, 5) is -0.114. The summed E-state index contributed by atoms with van der Waals surface area (Å²) in [6, 6.07) is 17.8. The summed E-state index contributed by atoms with van der Waals surface area (Å²) in [7, 11) is -0.952. The molecule has 0 amide bonds. The molecule has 0 N–H and O–H groups in total. The number of hydrogen-bond acceptors (Lipinski definition) is 4. The van der Waals surface area contributed by atoms with Crippen molar-refractivity contribution in [3.05, 3.63) is 83.7 Å². The molecule has 3 aromatic carbocycles. The van der Waals surface area contributed by atoms with Crippen LogP contribution in [0, 0.1) is 12.7 Å². The fraction of sp³-hybridized carbons (Fsp3) is 0.182. The lowest BCUT2D eigenvalue weighted by Gasteiger charge is -2.25. The van der Waals surface area contributed by atoms with Gasteiger partial charge in [0.15, 0.2) is 0 Å². The van der Waals surface area contributed by atoms with Crippen LogP contribution in [0.5, 0.6) is 11.5 Å². The maximum Gasteiger partial charge on any atom is 0.264 e. The molecule has 0 aromatic heterocycles. The van der Waals surface area contributed by atoms with Gasteiger partial charge in [-0.05, 0) is 54.4 Å². The van der Waals surface area contributed by atoms with Crippen molar-refractivity contribution in [3.8, 4) is 11.5 Å². The van der Waals surface area contributed by atoms with Crippen LogP contribution in [0.4, 0.5) is 10.1 Å². The molecule has 29 heavy (non-hydrogen) atoms. The molecular weight excluding hydrogens is 393 g/mol. The van der Waals surface area contributed by atoms with Gasteiger partial charge in [-0.25, -0.2) is 12.8 Å². The quantitative estimate of drug-likeness (QED) is 0.568. The van der Waals surface area contributed by atoms with E-state index in [2.05, 4.69) is 0 Å². The number of benzene rings is 3. The van der Waals surface area contributed by atoms with Gasteiger partial charge in [-0.3, -0.25) is 4.31 Å². The van der Waals surface area contributed by atoms with Gasteiger partial charge in [-0.2, -0.15) is 0 Å². The Hall–Kier alpha value is -3.06. The van der Waals surface area contributed by atoms with E-state index in [0.717, 1.165) is 11.6 Å². The van der Waals surface area contributed by atoms with Gasteiger partial charge in [0.25, 0.3) is 10.0 Å². The number of sulfonamides is 1. The molecule has 3 rings (SSSR count). The van der Waals surface area contributed by atoms with Crippen molar-refractivity contribution in [1.82, 2.24) is 0 Å². The molecule has 5 nitrogen and oxygen atoms in total. The highest BCUT2D eigenvalue weighted by Gasteiger charge is 2.26. The molecule has 0 aliphatic rings. The number of rotatable bonds is 7. The molecule has 0 aliphatic carbocycles. The van der Waals surface area contributed by atoms with Gasteiger partial charge >= 0.3 is 0 Å². The van der Waals surface area contributed by atoms with E-state index in [-0.39, 0.29) is 11.4 Å². The minimum atomic E-state index is -4.03. The van der Waals surface area contributed by atoms with Crippen molar-refractivity contribution in [3.63, 3.8) is 0 Å². The number of aryl methyl sites for hydroxylation is 1. The summed E-state index contributed by atoms with van der Waals surface area (Å²) in [6.45, 7) is 1.65. The summed E-state index contributed by atoms with van der Waals surface area (Å²) in [6.07, 6.45) is 0. The van der Waals surface area contributed by atoms with Crippen molar-refractivity contribution in [2.75, 3.05) is 18.5 Å².